The van der Waals surface area contributed by atoms with E-state index in [9.17, 15) is 24.5 Å². The van der Waals surface area contributed by atoms with Gasteiger partial charge in [-0.15, -0.1) is 0 Å². The van der Waals surface area contributed by atoms with E-state index in [-0.39, 0.29) is 23.0 Å². The van der Waals surface area contributed by atoms with Crippen LogP contribution in [0.2, 0.25) is 0 Å². The zero-order valence-corrected chi connectivity index (χ0v) is 16.9. The molecule has 0 N–H and O–H groups in total. The molecule has 160 valence electrons. The molecule has 0 fully saturated rings. The van der Waals surface area contributed by atoms with Gasteiger partial charge in [0.1, 0.15) is 5.75 Å². The molecule has 31 heavy (non-hydrogen) atoms. The average molecular weight is 426 g/mol. The number of pyridine rings is 1. The van der Waals surface area contributed by atoms with Gasteiger partial charge in [0.25, 0.3) is 17.6 Å². The van der Waals surface area contributed by atoms with Crippen molar-refractivity contribution in [2.24, 2.45) is 0 Å². The standard InChI is InChI=1S/C20H18N4O7/c1-10-19(26)22(3)13-8-12(4-5-15(13)30-10)14(25)9-23-18-16(31-11(2)20(23)27)6-7-17(21-18)24(28)29/h4-8,10-11H,9H2,1-3H3. The molecule has 2 aromatic rings. The van der Waals surface area contributed by atoms with Crippen molar-refractivity contribution in [1.29, 1.82) is 0 Å². The molecule has 2 unspecified atom stereocenters. The number of ketones is 1. The number of likely N-dealkylation sites (N-methyl/N-ethyl adjacent to an activating group) is 1. The summed E-state index contributed by atoms with van der Waals surface area (Å²) in [7, 11) is 1.58. The van der Waals surface area contributed by atoms with Crippen molar-refractivity contribution < 1.29 is 28.8 Å². The van der Waals surface area contributed by atoms with Crippen LogP contribution >= 0.6 is 0 Å². The molecule has 0 saturated heterocycles. The highest BCUT2D eigenvalue weighted by molar-refractivity contribution is 6.09. The highest BCUT2D eigenvalue weighted by Gasteiger charge is 2.38. The normalized spacial score (nSPS) is 19.8. The lowest BCUT2D eigenvalue weighted by Gasteiger charge is -2.31. The van der Waals surface area contributed by atoms with Crippen molar-refractivity contribution in [2.45, 2.75) is 26.1 Å². The van der Waals surface area contributed by atoms with E-state index in [0.29, 0.717) is 11.4 Å². The quantitative estimate of drug-likeness (QED) is 0.410. The minimum atomic E-state index is -0.884. The van der Waals surface area contributed by atoms with Gasteiger partial charge >= 0.3 is 5.82 Å². The Morgan fingerprint density at radius 1 is 1.10 bits per heavy atom. The molecule has 2 aliphatic heterocycles. The molecule has 11 heteroatoms. The Kier molecular flexibility index (Phi) is 4.80. The summed E-state index contributed by atoms with van der Waals surface area (Å²) in [6.45, 7) is 2.75. The fourth-order valence-electron chi connectivity index (χ4n) is 3.45. The Bertz CT molecular complexity index is 1130. The second kappa shape index (κ2) is 7.35. The predicted octanol–water partition coefficient (Wildman–Crippen LogP) is 1.73. The van der Waals surface area contributed by atoms with E-state index >= 15 is 0 Å². The van der Waals surface area contributed by atoms with E-state index < -0.39 is 41.2 Å². The van der Waals surface area contributed by atoms with E-state index in [2.05, 4.69) is 4.98 Å². The molecule has 4 rings (SSSR count). The predicted molar refractivity (Wildman–Crippen MR) is 108 cm³/mol. The van der Waals surface area contributed by atoms with Gasteiger partial charge < -0.3 is 24.5 Å². The lowest BCUT2D eigenvalue weighted by Crippen LogP contribution is -2.47. The van der Waals surface area contributed by atoms with E-state index in [1.54, 1.807) is 20.0 Å². The molecular weight excluding hydrogens is 408 g/mol. The van der Waals surface area contributed by atoms with Gasteiger partial charge in [0.15, 0.2) is 23.7 Å². The van der Waals surface area contributed by atoms with Crippen LogP contribution in [-0.4, -0.2) is 53.3 Å². The lowest BCUT2D eigenvalue weighted by molar-refractivity contribution is -0.389. The monoisotopic (exact) mass is 426 g/mol. The largest absolute Gasteiger partial charge is 0.479 e. The van der Waals surface area contributed by atoms with Gasteiger partial charge in [-0.25, -0.2) is 0 Å². The summed E-state index contributed by atoms with van der Waals surface area (Å²) < 4.78 is 11.0. The minimum Gasteiger partial charge on any atom is -0.479 e. The molecule has 0 radical (unpaired) electrons. The summed E-state index contributed by atoms with van der Waals surface area (Å²) >= 11 is 0. The first-order valence-electron chi connectivity index (χ1n) is 9.42. The maximum absolute atomic E-state index is 13.0. The lowest BCUT2D eigenvalue weighted by atomic mass is 10.1. The van der Waals surface area contributed by atoms with Crippen molar-refractivity contribution in [3.63, 3.8) is 0 Å². The van der Waals surface area contributed by atoms with E-state index in [1.165, 1.54) is 36.1 Å². The molecule has 1 aromatic heterocycles. The maximum atomic E-state index is 13.0. The number of carbonyl (C=O) groups excluding carboxylic acids is 3. The zero-order valence-electron chi connectivity index (χ0n) is 16.9. The third kappa shape index (κ3) is 3.43. The first-order chi connectivity index (χ1) is 14.7. The Morgan fingerprint density at radius 2 is 1.74 bits per heavy atom. The molecule has 0 aliphatic carbocycles. The first-order valence-corrected chi connectivity index (χ1v) is 9.42. The fourth-order valence-corrected chi connectivity index (χ4v) is 3.45. The molecule has 0 spiro atoms. The highest BCUT2D eigenvalue weighted by atomic mass is 16.6. The van der Waals surface area contributed by atoms with E-state index in [1.807, 2.05) is 0 Å². The van der Waals surface area contributed by atoms with Gasteiger partial charge in [-0.3, -0.25) is 19.3 Å². The van der Waals surface area contributed by atoms with E-state index in [4.69, 9.17) is 9.47 Å². The van der Waals surface area contributed by atoms with Crippen molar-refractivity contribution in [2.75, 3.05) is 23.4 Å². The second-order valence-corrected chi connectivity index (χ2v) is 7.20. The fraction of sp³-hybridized carbons (Fsp3) is 0.300. The van der Waals surface area contributed by atoms with Crippen LogP contribution in [0.3, 0.4) is 0 Å². The van der Waals surface area contributed by atoms with Crippen molar-refractivity contribution >= 4 is 34.9 Å². The summed E-state index contributed by atoms with van der Waals surface area (Å²) in [4.78, 5) is 54.6. The van der Waals surface area contributed by atoms with Crippen LogP contribution in [-0.2, 0) is 9.59 Å². The average Bonchev–Trinajstić information content (AvgIpc) is 2.74. The zero-order chi connectivity index (χ0) is 22.4. The number of aromatic nitrogens is 1. The summed E-state index contributed by atoms with van der Waals surface area (Å²) in [6.07, 6.45) is -1.52. The third-order valence-electron chi connectivity index (χ3n) is 5.11. The van der Waals surface area contributed by atoms with E-state index in [0.717, 1.165) is 4.90 Å². The van der Waals surface area contributed by atoms with Gasteiger partial charge in [0.2, 0.25) is 0 Å². The summed E-state index contributed by atoms with van der Waals surface area (Å²) in [5, 5.41) is 11.1. The molecule has 3 heterocycles. The number of rotatable bonds is 4. The number of benzene rings is 1. The molecule has 0 saturated carbocycles. The highest BCUT2D eigenvalue weighted by Crippen LogP contribution is 2.36. The van der Waals surface area contributed by atoms with Crippen LogP contribution < -0.4 is 19.3 Å². The van der Waals surface area contributed by atoms with Crippen molar-refractivity contribution in [3.05, 3.63) is 46.0 Å². The van der Waals surface area contributed by atoms with Gasteiger partial charge in [-0.2, -0.15) is 0 Å². The molecule has 0 bridgehead atoms. The topological polar surface area (TPSA) is 132 Å². The molecule has 2 aliphatic rings. The van der Waals surface area contributed by atoms with Crippen LogP contribution in [0.25, 0.3) is 0 Å². The van der Waals surface area contributed by atoms with Gasteiger partial charge in [0.05, 0.1) is 12.2 Å². The number of hydrogen-bond donors (Lipinski definition) is 0. The number of nitrogens with zero attached hydrogens (tertiary/aromatic N) is 4. The van der Waals surface area contributed by atoms with Crippen LogP contribution in [0.5, 0.6) is 11.5 Å². The third-order valence-corrected chi connectivity index (χ3v) is 5.11. The first kappa shape index (κ1) is 20.3. The maximum Gasteiger partial charge on any atom is 0.366 e. The Balaban J connectivity index is 1.66. The number of carbonyl (C=O) groups is 3. The Hall–Kier alpha value is -4.02. The molecule has 11 nitrogen and oxygen atoms in total. The van der Waals surface area contributed by atoms with Crippen LogP contribution in [0.1, 0.15) is 24.2 Å². The Labute approximate surface area is 176 Å². The summed E-state index contributed by atoms with van der Waals surface area (Å²) in [5.41, 5.74) is 0.681. The van der Waals surface area contributed by atoms with Crippen molar-refractivity contribution in [1.82, 2.24) is 4.98 Å². The smallest absolute Gasteiger partial charge is 0.366 e. The number of hydrogen-bond acceptors (Lipinski definition) is 8. The van der Waals surface area contributed by atoms with Gasteiger partial charge in [-0.05, 0) is 48.0 Å². The number of nitro groups is 1. The molecular formula is C20H18N4O7. The Morgan fingerprint density at radius 3 is 2.45 bits per heavy atom. The number of amides is 2. The molecule has 2 atom stereocenters. The number of Topliss-reactive ketones (excluding diaryl/α,β-unsaturated/α-hetero) is 1. The van der Waals surface area contributed by atoms with Crippen molar-refractivity contribution in [3.8, 4) is 11.5 Å². The number of ether oxygens (including phenoxy) is 2. The molecule has 1 aromatic carbocycles. The second-order valence-electron chi connectivity index (χ2n) is 7.20. The number of fused-ring (bicyclic) bond motifs is 2. The SMILES string of the molecule is CC1Oc2ccc(C(=O)CN3C(=O)C(C)Oc4ccc([N+](=O)[O-])nc43)cc2N(C)C1=O. The minimum absolute atomic E-state index is 0.0898. The van der Waals surface area contributed by atoms with Gasteiger partial charge in [-0.1, -0.05) is 0 Å². The van der Waals surface area contributed by atoms with Gasteiger partial charge in [0, 0.05) is 18.7 Å². The van der Waals surface area contributed by atoms with Crippen LogP contribution in [0, 0.1) is 10.1 Å². The molecule has 2 amide bonds. The summed E-state index contributed by atoms with van der Waals surface area (Å²) in [6, 6.07) is 7.14. The van der Waals surface area contributed by atoms with Crippen LogP contribution in [0.4, 0.5) is 17.3 Å². The van der Waals surface area contributed by atoms with Crippen LogP contribution in [0.15, 0.2) is 30.3 Å². The summed E-state index contributed by atoms with van der Waals surface area (Å²) in [5.74, 6) is -1.16. The number of anilines is 2.